The third-order valence-electron chi connectivity index (χ3n) is 5.24. The molecule has 1 atom stereocenters. The summed E-state index contributed by atoms with van der Waals surface area (Å²) in [6, 6.07) is 6.34. The quantitative estimate of drug-likeness (QED) is 0.669. The second-order valence-electron chi connectivity index (χ2n) is 6.87. The number of nitrogens with zero attached hydrogens (tertiary/aromatic N) is 2. The molecule has 2 heterocycles. The van der Waals surface area contributed by atoms with Crippen molar-refractivity contribution in [2.24, 2.45) is 0 Å². The molecule has 0 radical (unpaired) electrons. The lowest BCUT2D eigenvalue weighted by atomic mass is 9.93. The van der Waals surface area contributed by atoms with Gasteiger partial charge >= 0.3 is 0 Å². The van der Waals surface area contributed by atoms with Gasteiger partial charge in [-0.1, -0.05) is 0 Å². The van der Waals surface area contributed by atoms with Crippen LogP contribution in [0.2, 0.25) is 0 Å². The van der Waals surface area contributed by atoms with Crippen LogP contribution in [-0.4, -0.2) is 23.9 Å². The predicted octanol–water partition coefficient (Wildman–Crippen LogP) is 3.60. The number of furan rings is 1. The van der Waals surface area contributed by atoms with Crippen LogP contribution in [0, 0.1) is 10.1 Å². The van der Waals surface area contributed by atoms with Crippen LogP contribution in [0.3, 0.4) is 0 Å². The smallest absolute Gasteiger partial charge is 0.270 e. The Hall–Kier alpha value is -2.83. The number of carbonyl (C=O) groups excluding carboxylic acids is 1. The fraction of sp³-hybridized carbons (Fsp3) is 0.421. The summed E-state index contributed by atoms with van der Waals surface area (Å²) in [7, 11) is 0. The Morgan fingerprint density at radius 2 is 2.04 bits per heavy atom. The first-order chi connectivity index (χ1) is 12.6. The summed E-state index contributed by atoms with van der Waals surface area (Å²) >= 11 is 0. The van der Waals surface area contributed by atoms with Crippen molar-refractivity contribution in [1.82, 2.24) is 5.32 Å². The number of nitro benzene ring substituents is 1. The van der Waals surface area contributed by atoms with Gasteiger partial charge in [-0.2, -0.15) is 0 Å². The number of aryl methyl sites for hydroxylation is 1. The van der Waals surface area contributed by atoms with E-state index in [1.165, 1.54) is 12.1 Å². The Bertz CT molecular complexity index is 839. The van der Waals surface area contributed by atoms with Gasteiger partial charge in [0.25, 0.3) is 11.6 Å². The number of anilines is 1. The summed E-state index contributed by atoms with van der Waals surface area (Å²) in [6.07, 6.45) is 6.45. The zero-order valence-corrected chi connectivity index (χ0v) is 14.4. The number of amides is 1. The molecule has 7 nitrogen and oxygen atoms in total. The molecule has 0 bridgehead atoms. The number of nitro groups is 1. The molecule has 1 aromatic carbocycles. The van der Waals surface area contributed by atoms with E-state index in [2.05, 4.69) is 10.2 Å². The average Bonchev–Trinajstić information content (AvgIpc) is 3.33. The Labute approximate surface area is 151 Å². The van der Waals surface area contributed by atoms with Crippen LogP contribution in [0.5, 0.6) is 0 Å². The summed E-state index contributed by atoms with van der Waals surface area (Å²) in [4.78, 5) is 25.8. The topological polar surface area (TPSA) is 88.6 Å². The molecule has 1 amide bonds. The highest BCUT2D eigenvalue weighted by molar-refractivity contribution is 6.00. The predicted molar refractivity (Wildman–Crippen MR) is 96.4 cm³/mol. The molecule has 2 aliphatic rings. The summed E-state index contributed by atoms with van der Waals surface area (Å²) in [5.74, 6) is 0.648. The Balaban J connectivity index is 1.64. The van der Waals surface area contributed by atoms with E-state index in [1.807, 2.05) is 6.07 Å². The van der Waals surface area contributed by atoms with E-state index in [4.69, 9.17) is 4.42 Å². The minimum absolute atomic E-state index is 0.0641. The maximum absolute atomic E-state index is 13.0. The lowest BCUT2D eigenvalue weighted by molar-refractivity contribution is -0.384. The molecule has 0 saturated carbocycles. The van der Waals surface area contributed by atoms with Crippen LogP contribution in [0.25, 0.3) is 0 Å². The molecule has 1 unspecified atom stereocenters. The van der Waals surface area contributed by atoms with Crippen LogP contribution < -0.4 is 10.2 Å². The SMILES string of the molecule is O=C(NC1CCCc2occc21)c1cc([N+](=O)[O-])ccc1N1CCCC1. The molecule has 26 heavy (non-hydrogen) atoms. The van der Waals surface area contributed by atoms with Crippen LogP contribution in [-0.2, 0) is 6.42 Å². The molecule has 1 aromatic heterocycles. The fourth-order valence-electron chi connectivity index (χ4n) is 3.93. The highest BCUT2D eigenvalue weighted by Gasteiger charge is 2.27. The van der Waals surface area contributed by atoms with Crippen LogP contribution in [0.1, 0.15) is 53.4 Å². The monoisotopic (exact) mass is 355 g/mol. The summed E-state index contributed by atoms with van der Waals surface area (Å²) in [5, 5.41) is 14.2. The van der Waals surface area contributed by atoms with Crippen molar-refractivity contribution in [2.45, 2.75) is 38.1 Å². The lowest BCUT2D eigenvalue weighted by Crippen LogP contribution is -2.32. The van der Waals surface area contributed by atoms with Gasteiger partial charge in [0.2, 0.25) is 0 Å². The number of rotatable bonds is 4. The van der Waals surface area contributed by atoms with Crippen LogP contribution >= 0.6 is 0 Å². The number of fused-ring (bicyclic) bond motifs is 1. The van der Waals surface area contributed by atoms with Gasteiger partial charge in [-0.3, -0.25) is 14.9 Å². The van der Waals surface area contributed by atoms with Gasteiger partial charge < -0.3 is 14.6 Å². The molecule has 2 aromatic rings. The van der Waals surface area contributed by atoms with E-state index in [9.17, 15) is 14.9 Å². The molecule has 7 heteroatoms. The number of hydrogen-bond acceptors (Lipinski definition) is 5. The van der Waals surface area contributed by atoms with Gasteiger partial charge in [-0.25, -0.2) is 0 Å². The molecule has 1 N–H and O–H groups in total. The second-order valence-corrected chi connectivity index (χ2v) is 6.87. The van der Waals surface area contributed by atoms with E-state index in [0.29, 0.717) is 5.56 Å². The molecule has 1 aliphatic carbocycles. The van der Waals surface area contributed by atoms with Crippen molar-refractivity contribution < 1.29 is 14.1 Å². The van der Waals surface area contributed by atoms with E-state index in [0.717, 1.165) is 62.2 Å². The fourth-order valence-corrected chi connectivity index (χ4v) is 3.93. The lowest BCUT2D eigenvalue weighted by Gasteiger charge is -2.25. The van der Waals surface area contributed by atoms with Crippen molar-refractivity contribution >= 4 is 17.3 Å². The number of benzene rings is 1. The van der Waals surface area contributed by atoms with Gasteiger partial charge in [0.15, 0.2) is 0 Å². The number of carbonyl (C=O) groups is 1. The normalized spacial score (nSPS) is 19.2. The zero-order valence-electron chi connectivity index (χ0n) is 14.4. The highest BCUT2D eigenvalue weighted by atomic mass is 16.6. The van der Waals surface area contributed by atoms with E-state index in [1.54, 1.807) is 12.3 Å². The van der Waals surface area contributed by atoms with Crippen molar-refractivity contribution in [3.63, 3.8) is 0 Å². The highest BCUT2D eigenvalue weighted by Crippen LogP contribution is 2.32. The van der Waals surface area contributed by atoms with Gasteiger partial charge in [-0.05, 0) is 37.8 Å². The molecule has 136 valence electrons. The Kier molecular flexibility index (Phi) is 4.36. The third kappa shape index (κ3) is 3.05. The first kappa shape index (κ1) is 16.6. The van der Waals surface area contributed by atoms with Gasteiger partial charge in [0.05, 0.1) is 28.5 Å². The van der Waals surface area contributed by atoms with Crippen molar-refractivity contribution in [2.75, 3.05) is 18.0 Å². The standard InChI is InChI=1S/C19H21N3O4/c23-19(20-16-4-3-5-18-14(16)8-11-26-18)15-12-13(22(24)25)6-7-17(15)21-9-1-2-10-21/h6-8,11-12,16H,1-5,9-10H2,(H,20,23). The first-order valence-electron chi connectivity index (χ1n) is 9.04. The molecule has 1 aliphatic heterocycles. The molecule has 1 saturated heterocycles. The van der Waals surface area contributed by atoms with Crippen molar-refractivity contribution in [1.29, 1.82) is 0 Å². The largest absolute Gasteiger partial charge is 0.469 e. The van der Waals surface area contributed by atoms with Crippen LogP contribution in [0.4, 0.5) is 11.4 Å². The maximum atomic E-state index is 13.0. The maximum Gasteiger partial charge on any atom is 0.270 e. The Morgan fingerprint density at radius 3 is 2.81 bits per heavy atom. The summed E-state index contributed by atoms with van der Waals surface area (Å²) in [6.45, 7) is 1.74. The van der Waals surface area contributed by atoms with Crippen molar-refractivity contribution in [3.05, 3.63) is 57.5 Å². The summed E-state index contributed by atoms with van der Waals surface area (Å²) in [5.41, 5.74) is 2.09. The minimum Gasteiger partial charge on any atom is -0.469 e. The molecular formula is C19H21N3O4. The molecular weight excluding hydrogens is 334 g/mol. The van der Waals surface area contributed by atoms with Gasteiger partial charge in [0.1, 0.15) is 5.76 Å². The first-order valence-corrected chi connectivity index (χ1v) is 9.04. The van der Waals surface area contributed by atoms with E-state index < -0.39 is 4.92 Å². The molecule has 4 rings (SSSR count). The molecule has 0 spiro atoms. The van der Waals surface area contributed by atoms with Crippen LogP contribution in [0.15, 0.2) is 34.9 Å². The van der Waals surface area contributed by atoms with Crippen molar-refractivity contribution in [3.8, 4) is 0 Å². The summed E-state index contributed by atoms with van der Waals surface area (Å²) < 4.78 is 5.48. The van der Waals surface area contributed by atoms with Gasteiger partial charge in [-0.15, -0.1) is 0 Å². The molecule has 1 fully saturated rings. The minimum atomic E-state index is -0.459. The second kappa shape index (κ2) is 6.82. The third-order valence-corrected chi connectivity index (χ3v) is 5.24. The zero-order chi connectivity index (χ0) is 18.1. The van der Waals surface area contributed by atoms with E-state index in [-0.39, 0.29) is 17.6 Å². The average molecular weight is 355 g/mol. The number of nitrogens with one attached hydrogen (secondary N) is 1. The Morgan fingerprint density at radius 1 is 1.23 bits per heavy atom. The number of hydrogen-bond donors (Lipinski definition) is 1. The number of non-ortho nitro benzene ring substituents is 1. The van der Waals surface area contributed by atoms with E-state index >= 15 is 0 Å². The van der Waals surface area contributed by atoms with Gasteiger partial charge in [0, 0.05) is 37.2 Å².